The highest BCUT2D eigenvalue weighted by atomic mass is 19.4. The molecular weight excluding hydrogens is 577 g/mol. The number of alkyl halides is 13. The van der Waals surface area contributed by atoms with Crippen molar-refractivity contribution in [1.29, 1.82) is 0 Å². The molecule has 38 heavy (non-hydrogen) atoms. The molecular formula is C17H20F13NO7. The number of carbonyl (C=O) groups is 1. The Morgan fingerprint density at radius 3 is 1.76 bits per heavy atom. The number of rotatable bonds is 12. The lowest BCUT2D eigenvalue weighted by Crippen LogP contribution is -2.70. The van der Waals surface area contributed by atoms with Crippen LogP contribution in [0.1, 0.15) is 13.3 Å². The molecule has 1 unspecified atom stereocenters. The van der Waals surface area contributed by atoms with E-state index < -0.39 is 98.8 Å². The first kappa shape index (κ1) is 34.3. The number of halogens is 13. The Labute approximate surface area is 203 Å². The molecule has 0 spiro atoms. The highest BCUT2D eigenvalue weighted by Gasteiger charge is 2.90. The standard InChI is InChI=1S/C17H20F13NO7/c1-6(32)31-8-10(34)9(33)7(38-11(8)35)4-37-5-36-3-2-12(18,19)13(20,21)14(22,23)15(24,25)16(26,27)17(28,29)30/h7-11,33-35H,2-5H2,1H3,(H,31,32)/t7-,8+,9-,10-,11?/m1/s1. The van der Waals surface area contributed by atoms with Gasteiger partial charge in [-0.05, 0) is 0 Å². The van der Waals surface area contributed by atoms with Crippen molar-refractivity contribution in [3.05, 3.63) is 0 Å². The maximum Gasteiger partial charge on any atom is 0.460 e. The lowest BCUT2D eigenvalue weighted by atomic mass is 9.93. The third kappa shape index (κ3) is 6.37. The molecule has 1 amide bonds. The molecule has 0 aromatic heterocycles. The molecule has 4 N–H and O–H groups in total. The van der Waals surface area contributed by atoms with Crippen LogP contribution < -0.4 is 5.32 Å². The van der Waals surface area contributed by atoms with Gasteiger partial charge in [-0.2, -0.15) is 57.1 Å². The lowest BCUT2D eigenvalue weighted by molar-refractivity contribution is -0.440. The zero-order valence-corrected chi connectivity index (χ0v) is 18.6. The Morgan fingerprint density at radius 2 is 1.29 bits per heavy atom. The summed E-state index contributed by atoms with van der Waals surface area (Å²) in [6, 6.07) is -1.49. The van der Waals surface area contributed by atoms with E-state index in [0.717, 1.165) is 6.92 Å². The molecule has 1 aliphatic heterocycles. The van der Waals surface area contributed by atoms with Crippen LogP contribution in [0.5, 0.6) is 0 Å². The quantitative estimate of drug-likeness (QED) is 0.155. The minimum Gasteiger partial charge on any atom is -0.388 e. The van der Waals surface area contributed by atoms with Crippen molar-refractivity contribution in [3.8, 4) is 0 Å². The summed E-state index contributed by atoms with van der Waals surface area (Å²) in [7, 11) is 0. The van der Waals surface area contributed by atoms with E-state index >= 15 is 0 Å². The van der Waals surface area contributed by atoms with Crippen LogP contribution in [0.3, 0.4) is 0 Å². The van der Waals surface area contributed by atoms with E-state index in [9.17, 15) is 77.2 Å². The predicted octanol–water partition coefficient (Wildman–Crippen LogP) is 2.05. The van der Waals surface area contributed by atoms with Gasteiger partial charge in [0.1, 0.15) is 31.1 Å². The van der Waals surface area contributed by atoms with Crippen molar-refractivity contribution >= 4 is 5.91 Å². The van der Waals surface area contributed by atoms with Gasteiger partial charge < -0.3 is 34.8 Å². The van der Waals surface area contributed by atoms with E-state index in [2.05, 4.69) is 14.8 Å². The number of carbonyl (C=O) groups excluding carboxylic acids is 1. The van der Waals surface area contributed by atoms with Gasteiger partial charge in [-0.1, -0.05) is 0 Å². The number of amides is 1. The summed E-state index contributed by atoms with van der Waals surface area (Å²) in [4.78, 5) is 11.0. The largest absolute Gasteiger partial charge is 0.460 e. The van der Waals surface area contributed by atoms with Gasteiger partial charge in [0, 0.05) is 13.3 Å². The molecule has 1 rings (SSSR count). The van der Waals surface area contributed by atoms with Gasteiger partial charge in [-0.25, -0.2) is 0 Å². The van der Waals surface area contributed by atoms with E-state index in [1.165, 1.54) is 0 Å². The van der Waals surface area contributed by atoms with Gasteiger partial charge in [0.15, 0.2) is 6.29 Å². The van der Waals surface area contributed by atoms with Crippen LogP contribution in [-0.2, 0) is 19.0 Å². The zero-order valence-electron chi connectivity index (χ0n) is 18.6. The highest BCUT2D eigenvalue weighted by molar-refractivity contribution is 5.73. The maximum atomic E-state index is 13.6. The SMILES string of the molecule is CC(=O)N[C@@H]1C(O)O[C@H](COCOCCC(F)(F)C(F)(F)C(F)(F)C(F)(F)C(F)(F)C(F)(F)F)[C@@H](O)[C@@H]1O. The molecule has 1 aliphatic rings. The fraction of sp³-hybridized carbons (Fsp3) is 0.941. The van der Waals surface area contributed by atoms with Gasteiger partial charge in [-0.3, -0.25) is 4.79 Å². The molecule has 8 nitrogen and oxygen atoms in total. The first-order chi connectivity index (χ1) is 16.9. The molecule has 0 radical (unpaired) electrons. The molecule has 1 fully saturated rings. The van der Waals surface area contributed by atoms with Crippen LogP contribution in [0.4, 0.5) is 57.1 Å². The van der Waals surface area contributed by atoms with Crippen LogP contribution in [0.2, 0.25) is 0 Å². The first-order valence-electron chi connectivity index (χ1n) is 9.95. The minimum absolute atomic E-state index is 0.732. The van der Waals surface area contributed by atoms with Gasteiger partial charge in [0.05, 0.1) is 13.2 Å². The first-order valence-corrected chi connectivity index (χ1v) is 9.95. The van der Waals surface area contributed by atoms with Crippen LogP contribution in [-0.4, -0.2) is 108 Å². The Bertz CT molecular complexity index is 812. The predicted molar refractivity (Wildman–Crippen MR) is 92.7 cm³/mol. The Kier molecular flexibility index (Phi) is 10.3. The summed E-state index contributed by atoms with van der Waals surface area (Å²) in [5, 5.41) is 31.6. The summed E-state index contributed by atoms with van der Waals surface area (Å²) in [5.74, 6) is -38.2. The van der Waals surface area contributed by atoms with E-state index in [0.29, 0.717) is 0 Å². The number of hydrogen-bond donors (Lipinski definition) is 4. The van der Waals surface area contributed by atoms with Crippen molar-refractivity contribution in [2.24, 2.45) is 0 Å². The van der Waals surface area contributed by atoms with Crippen molar-refractivity contribution in [3.63, 3.8) is 0 Å². The van der Waals surface area contributed by atoms with E-state index in [1.54, 1.807) is 0 Å². The Morgan fingerprint density at radius 1 is 0.789 bits per heavy atom. The number of ether oxygens (including phenoxy) is 3. The van der Waals surface area contributed by atoms with Crippen LogP contribution in [0, 0.1) is 0 Å². The average molecular weight is 597 g/mol. The van der Waals surface area contributed by atoms with Gasteiger partial charge in [0.25, 0.3) is 0 Å². The van der Waals surface area contributed by atoms with Gasteiger partial charge in [-0.15, -0.1) is 0 Å². The average Bonchev–Trinajstić information content (AvgIpc) is 2.75. The Hall–Kier alpha value is -1.68. The zero-order chi connectivity index (χ0) is 30.1. The molecule has 1 heterocycles. The second kappa shape index (κ2) is 11.4. The number of aliphatic hydroxyl groups excluding tert-OH is 3. The van der Waals surface area contributed by atoms with Crippen LogP contribution in [0.15, 0.2) is 0 Å². The fourth-order valence-corrected chi connectivity index (χ4v) is 2.92. The third-order valence-corrected chi connectivity index (χ3v) is 5.10. The third-order valence-electron chi connectivity index (χ3n) is 5.10. The summed E-state index contributed by atoms with van der Waals surface area (Å²) >= 11 is 0. The minimum atomic E-state index is -8.00. The van der Waals surface area contributed by atoms with Crippen molar-refractivity contribution in [2.45, 2.75) is 79.8 Å². The number of hydrogen-bond acceptors (Lipinski definition) is 7. The monoisotopic (exact) mass is 597 g/mol. The number of aliphatic hydroxyl groups is 3. The summed E-state index contributed by atoms with van der Waals surface area (Å²) < 4.78 is 183. The molecule has 0 aromatic carbocycles. The molecule has 5 atom stereocenters. The fourth-order valence-electron chi connectivity index (χ4n) is 2.92. The summed E-state index contributed by atoms with van der Waals surface area (Å²) in [6.07, 6.45) is -17.2. The molecule has 21 heteroatoms. The Balaban J connectivity index is 2.71. The molecule has 0 bridgehead atoms. The maximum absolute atomic E-state index is 13.6. The van der Waals surface area contributed by atoms with Gasteiger partial charge in [0.2, 0.25) is 5.91 Å². The van der Waals surface area contributed by atoms with Crippen LogP contribution in [0.25, 0.3) is 0 Å². The molecule has 226 valence electrons. The second-order valence-electron chi connectivity index (χ2n) is 7.92. The molecule has 0 aromatic rings. The second-order valence-corrected chi connectivity index (χ2v) is 7.92. The highest BCUT2D eigenvalue weighted by Crippen LogP contribution is 2.60. The summed E-state index contributed by atoms with van der Waals surface area (Å²) in [5.41, 5.74) is 0. The molecule has 0 aliphatic carbocycles. The van der Waals surface area contributed by atoms with Crippen molar-refractivity contribution in [2.75, 3.05) is 20.0 Å². The molecule has 1 saturated heterocycles. The van der Waals surface area contributed by atoms with Crippen molar-refractivity contribution in [1.82, 2.24) is 5.32 Å². The normalized spacial score (nSPS) is 26.4. The summed E-state index contributed by atoms with van der Waals surface area (Å²) in [6.45, 7) is -2.72. The van der Waals surface area contributed by atoms with Crippen molar-refractivity contribution < 1.29 is 91.4 Å². The van der Waals surface area contributed by atoms with E-state index in [4.69, 9.17) is 4.74 Å². The van der Waals surface area contributed by atoms with E-state index in [-0.39, 0.29) is 0 Å². The number of nitrogens with one attached hydrogen (secondary N) is 1. The van der Waals surface area contributed by atoms with Gasteiger partial charge >= 0.3 is 35.8 Å². The molecule has 0 saturated carbocycles. The lowest BCUT2D eigenvalue weighted by Gasteiger charge is -2.40. The van der Waals surface area contributed by atoms with E-state index in [1.807, 2.05) is 0 Å². The van der Waals surface area contributed by atoms with Crippen LogP contribution >= 0.6 is 0 Å². The topological polar surface area (TPSA) is 117 Å². The smallest absolute Gasteiger partial charge is 0.388 e.